The lowest BCUT2D eigenvalue weighted by molar-refractivity contribution is -0.327. The van der Waals surface area contributed by atoms with Crippen molar-refractivity contribution in [1.29, 1.82) is 0 Å². The van der Waals surface area contributed by atoms with Gasteiger partial charge in [-0.3, -0.25) is 0 Å². The number of hydrogen-bond donors (Lipinski definition) is 0. The van der Waals surface area contributed by atoms with Crippen LogP contribution in [0.15, 0.2) is 0 Å². The second-order valence-electron chi connectivity index (χ2n) is 5.76. The SMILES string of the molecule is CCCCC(COC(=O)OC(=O)OCC(CCCC)OOCC)OOCC. The molecule has 0 saturated heterocycles. The van der Waals surface area contributed by atoms with Crippen LogP contribution in [0.5, 0.6) is 0 Å². The summed E-state index contributed by atoms with van der Waals surface area (Å²) in [7, 11) is 0. The Morgan fingerprint density at radius 2 is 1.11 bits per heavy atom. The molecule has 0 aromatic rings. The first kappa shape index (κ1) is 25.6. The third-order valence-electron chi connectivity index (χ3n) is 3.34. The van der Waals surface area contributed by atoms with Gasteiger partial charge in [0, 0.05) is 0 Å². The Morgan fingerprint density at radius 3 is 1.44 bits per heavy atom. The lowest BCUT2D eigenvalue weighted by Gasteiger charge is -2.16. The molecule has 2 unspecified atom stereocenters. The van der Waals surface area contributed by atoms with Gasteiger partial charge in [0.05, 0.1) is 13.2 Å². The molecule has 0 aliphatic rings. The predicted octanol–water partition coefficient (Wildman–Crippen LogP) is 4.33. The Balaban J connectivity index is 4.16. The van der Waals surface area contributed by atoms with Gasteiger partial charge in [-0.05, 0) is 26.7 Å². The van der Waals surface area contributed by atoms with Crippen LogP contribution in [0.2, 0.25) is 0 Å². The van der Waals surface area contributed by atoms with Gasteiger partial charge in [-0.1, -0.05) is 39.5 Å². The van der Waals surface area contributed by atoms with Crippen LogP contribution in [-0.2, 0) is 33.8 Å². The van der Waals surface area contributed by atoms with Gasteiger partial charge >= 0.3 is 12.3 Å². The number of unbranched alkanes of at least 4 members (excludes halogenated alkanes) is 2. The molecule has 0 radical (unpaired) electrons. The van der Waals surface area contributed by atoms with E-state index in [9.17, 15) is 9.59 Å². The van der Waals surface area contributed by atoms with E-state index in [0.717, 1.165) is 25.7 Å². The van der Waals surface area contributed by atoms with E-state index >= 15 is 0 Å². The van der Waals surface area contributed by atoms with Gasteiger partial charge in [-0.25, -0.2) is 29.1 Å². The minimum Gasteiger partial charge on any atom is -0.431 e. The van der Waals surface area contributed by atoms with Gasteiger partial charge in [-0.2, -0.15) is 0 Å². The van der Waals surface area contributed by atoms with Gasteiger partial charge in [-0.15, -0.1) is 0 Å². The van der Waals surface area contributed by atoms with Crippen molar-refractivity contribution >= 4 is 12.3 Å². The average Bonchev–Trinajstić information content (AvgIpc) is 2.66. The lowest BCUT2D eigenvalue weighted by atomic mass is 10.2. The van der Waals surface area contributed by atoms with Crippen molar-refractivity contribution in [2.24, 2.45) is 0 Å². The van der Waals surface area contributed by atoms with Crippen molar-refractivity contribution in [2.75, 3.05) is 26.4 Å². The van der Waals surface area contributed by atoms with Crippen molar-refractivity contribution in [3.05, 3.63) is 0 Å². The van der Waals surface area contributed by atoms with Crippen LogP contribution in [0.4, 0.5) is 9.59 Å². The monoisotopic (exact) mass is 394 g/mol. The zero-order valence-corrected chi connectivity index (χ0v) is 16.9. The second-order valence-corrected chi connectivity index (χ2v) is 5.76. The van der Waals surface area contributed by atoms with E-state index in [1.807, 2.05) is 13.8 Å². The number of hydrogen-bond acceptors (Lipinski definition) is 9. The summed E-state index contributed by atoms with van der Waals surface area (Å²) in [6.45, 7) is 8.22. The van der Waals surface area contributed by atoms with Gasteiger partial charge in [0.15, 0.2) is 0 Å². The first-order chi connectivity index (χ1) is 13.1. The van der Waals surface area contributed by atoms with Crippen molar-refractivity contribution in [1.82, 2.24) is 0 Å². The van der Waals surface area contributed by atoms with Crippen LogP contribution in [0.25, 0.3) is 0 Å². The van der Waals surface area contributed by atoms with E-state index in [4.69, 9.17) is 29.0 Å². The van der Waals surface area contributed by atoms with Crippen molar-refractivity contribution in [3.63, 3.8) is 0 Å². The quantitative estimate of drug-likeness (QED) is 0.164. The highest BCUT2D eigenvalue weighted by molar-refractivity contribution is 5.76. The normalized spacial score (nSPS) is 13.0. The molecular weight excluding hydrogens is 360 g/mol. The molecule has 9 nitrogen and oxygen atoms in total. The zero-order valence-electron chi connectivity index (χ0n) is 16.9. The molecule has 0 aliphatic heterocycles. The lowest BCUT2D eigenvalue weighted by Crippen LogP contribution is -2.26. The second kappa shape index (κ2) is 18.0. The molecular formula is C18H34O9. The fourth-order valence-corrected chi connectivity index (χ4v) is 1.96. The molecule has 0 spiro atoms. The van der Waals surface area contributed by atoms with Gasteiger partial charge in [0.1, 0.15) is 25.4 Å². The van der Waals surface area contributed by atoms with Crippen molar-refractivity contribution in [3.8, 4) is 0 Å². The largest absolute Gasteiger partial charge is 0.518 e. The Bertz CT molecular complexity index is 326. The van der Waals surface area contributed by atoms with Crippen LogP contribution in [0, 0.1) is 0 Å². The molecule has 0 aliphatic carbocycles. The van der Waals surface area contributed by atoms with E-state index in [2.05, 4.69) is 4.74 Å². The van der Waals surface area contributed by atoms with Gasteiger partial charge < -0.3 is 14.2 Å². The molecule has 2 atom stereocenters. The average molecular weight is 394 g/mol. The van der Waals surface area contributed by atoms with Crippen LogP contribution < -0.4 is 0 Å². The minimum atomic E-state index is -1.16. The van der Waals surface area contributed by atoms with Crippen LogP contribution in [0.1, 0.15) is 66.2 Å². The Hall–Kier alpha value is -1.42. The first-order valence-electron chi connectivity index (χ1n) is 9.65. The number of ether oxygens (including phenoxy) is 3. The minimum absolute atomic E-state index is 0.0846. The maximum atomic E-state index is 11.6. The van der Waals surface area contributed by atoms with E-state index in [-0.39, 0.29) is 13.2 Å². The molecule has 0 aromatic heterocycles. The molecule has 0 fully saturated rings. The molecule has 0 saturated carbocycles. The van der Waals surface area contributed by atoms with Crippen LogP contribution in [0.3, 0.4) is 0 Å². The summed E-state index contributed by atoms with van der Waals surface area (Å²) in [5.74, 6) is 0. The zero-order chi connectivity index (χ0) is 20.3. The number of rotatable bonds is 16. The summed E-state index contributed by atoms with van der Waals surface area (Å²) in [5, 5.41) is 0. The summed E-state index contributed by atoms with van der Waals surface area (Å²) < 4.78 is 14.2. The fraction of sp³-hybridized carbons (Fsp3) is 0.889. The maximum Gasteiger partial charge on any atom is 0.518 e. The summed E-state index contributed by atoms with van der Waals surface area (Å²) in [4.78, 5) is 43.2. The van der Waals surface area contributed by atoms with E-state index in [1.165, 1.54) is 0 Å². The Labute approximate surface area is 161 Å². The molecule has 0 heterocycles. The molecule has 9 heteroatoms. The highest BCUT2D eigenvalue weighted by atomic mass is 17.2. The van der Waals surface area contributed by atoms with Gasteiger partial charge in [0.25, 0.3) is 0 Å². The molecule has 27 heavy (non-hydrogen) atoms. The van der Waals surface area contributed by atoms with Crippen molar-refractivity contribution in [2.45, 2.75) is 78.4 Å². The Morgan fingerprint density at radius 1 is 0.704 bits per heavy atom. The predicted molar refractivity (Wildman–Crippen MR) is 95.8 cm³/mol. The summed E-state index contributed by atoms with van der Waals surface area (Å²) in [6, 6.07) is 0. The van der Waals surface area contributed by atoms with Gasteiger partial charge in [0.2, 0.25) is 0 Å². The third-order valence-corrected chi connectivity index (χ3v) is 3.34. The van der Waals surface area contributed by atoms with Crippen LogP contribution in [-0.4, -0.2) is 50.9 Å². The van der Waals surface area contributed by atoms with E-state index < -0.39 is 24.5 Å². The number of carbonyl (C=O) groups excluding carboxylic acids is 2. The van der Waals surface area contributed by atoms with Crippen molar-refractivity contribution < 1.29 is 43.3 Å². The maximum absolute atomic E-state index is 11.6. The van der Waals surface area contributed by atoms with E-state index in [0.29, 0.717) is 26.1 Å². The topological polar surface area (TPSA) is 98.8 Å². The molecule has 0 rings (SSSR count). The standard InChI is InChI=1S/C18H34O9/c1-5-9-11-15(26-23-7-3)13-21-17(19)25-18(20)22-14-16(12-10-6-2)27-24-8-4/h15-16H,5-14H2,1-4H3. The Kier molecular flexibility index (Phi) is 17.0. The van der Waals surface area contributed by atoms with E-state index in [1.54, 1.807) is 13.8 Å². The highest BCUT2D eigenvalue weighted by Crippen LogP contribution is 2.09. The summed E-state index contributed by atoms with van der Waals surface area (Å²) in [6.07, 6.45) is 1.85. The smallest absolute Gasteiger partial charge is 0.431 e. The highest BCUT2D eigenvalue weighted by Gasteiger charge is 2.19. The summed E-state index contributed by atoms with van der Waals surface area (Å²) in [5.41, 5.74) is 0. The molecule has 160 valence electrons. The molecule has 0 N–H and O–H groups in total. The molecule has 0 aromatic carbocycles. The molecule has 0 amide bonds. The third kappa shape index (κ3) is 15.3. The number of carbonyl (C=O) groups is 2. The van der Waals surface area contributed by atoms with Crippen LogP contribution >= 0.6 is 0 Å². The molecule has 0 bridgehead atoms. The first-order valence-corrected chi connectivity index (χ1v) is 9.65. The fourth-order valence-electron chi connectivity index (χ4n) is 1.96. The summed E-state index contributed by atoms with van der Waals surface area (Å²) >= 11 is 0.